The minimum atomic E-state index is -4.66. The van der Waals surface area contributed by atoms with Gasteiger partial charge in [0.15, 0.2) is 17.0 Å². The van der Waals surface area contributed by atoms with Crippen molar-refractivity contribution in [3.05, 3.63) is 77.3 Å². The first-order chi connectivity index (χ1) is 15.3. The molecule has 1 amide bonds. The van der Waals surface area contributed by atoms with E-state index >= 15 is 0 Å². The minimum absolute atomic E-state index is 0.0484. The maximum atomic E-state index is 13.7. The molecule has 5 aromatic heterocycles. The lowest BCUT2D eigenvalue weighted by atomic mass is 10.2. The van der Waals surface area contributed by atoms with E-state index in [0.717, 1.165) is 11.7 Å². The fourth-order valence-electron chi connectivity index (χ4n) is 3.41. The molecule has 0 aliphatic rings. The van der Waals surface area contributed by atoms with Crippen LogP contribution in [0.4, 0.5) is 13.2 Å². The van der Waals surface area contributed by atoms with Crippen LogP contribution in [0.15, 0.2) is 60.2 Å². The highest BCUT2D eigenvalue weighted by atomic mass is 32.1. The summed E-state index contributed by atoms with van der Waals surface area (Å²) in [4.78, 5) is 23.6. The van der Waals surface area contributed by atoms with Crippen LogP contribution >= 0.6 is 11.3 Å². The van der Waals surface area contributed by atoms with Gasteiger partial charge in [0.1, 0.15) is 5.65 Å². The second kappa shape index (κ2) is 7.45. The number of alkyl halides is 3. The highest BCUT2D eigenvalue weighted by molar-refractivity contribution is 7.13. The normalized spacial score (nSPS) is 12.0. The Balaban J connectivity index is 1.49. The van der Waals surface area contributed by atoms with E-state index < -0.39 is 17.8 Å². The molecule has 162 valence electrons. The number of hydrogen-bond acceptors (Lipinski definition) is 5. The summed E-state index contributed by atoms with van der Waals surface area (Å²) in [6, 6.07) is 11.2. The number of thiophene rings is 1. The molecule has 0 saturated carbocycles. The standard InChI is InChI=1S/C21H15F3N6OS/c1-28(11-13-12-29-7-3-2-6-18(29)25-13)20(31)15-10-19-26-14(16-5-4-8-32-16)9-17(21(22,23)24)30(19)27-15/h2-10,12H,11H2,1H3. The van der Waals surface area contributed by atoms with Crippen molar-refractivity contribution in [3.63, 3.8) is 0 Å². The van der Waals surface area contributed by atoms with E-state index in [4.69, 9.17) is 0 Å². The number of pyridine rings is 1. The van der Waals surface area contributed by atoms with Gasteiger partial charge in [-0.1, -0.05) is 12.1 Å². The molecule has 0 spiro atoms. The van der Waals surface area contributed by atoms with Gasteiger partial charge in [0.05, 0.1) is 22.8 Å². The molecule has 0 aliphatic carbocycles. The molecule has 7 nitrogen and oxygen atoms in total. The van der Waals surface area contributed by atoms with Gasteiger partial charge >= 0.3 is 6.18 Å². The van der Waals surface area contributed by atoms with E-state index in [0.29, 0.717) is 15.1 Å². The first kappa shape index (κ1) is 20.2. The van der Waals surface area contributed by atoms with E-state index in [2.05, 4.69) is 15.1 Å². The molecule has 0 radical (unpaired) electrons. The van der Waals surface area contributed by atoms with Crippen molar-refractivity contribution in [1.82, 2.24) is 28.9 Å². The summed E-state index contributed by atoms with van der Waals surface area (Å²) in [6.45, 7) is 0.175. The SMILES string of the molecule is CN(Cc1cn2ccccc2n1)C(=O)c1cc2nc(-c3cccs3)cc(C(F)(F)F)n2n1. The minimum Gasteiger partial charge on any atom is -0.334 e. The van der Waals surface area contributed by atoms with Gasteiger partial charge in [0, 0.05) is 25.5 Å². The number of fused-ring (bicyclic) bond motifs is 2. The Bertz CT molecular complexity index is 1400. The van der Waals surface area contributed by atoms with Gasteiger partial charge in [-0.05, 0) is 29.6 Å². The second-order valence-corrected chi connectivity index (χ2v) is 8.11. The van der Waals surface area contributed by atoms with Crippen LogP contribution in [0.5, 0.6) is 0 Å². The van der Waals surface area contributed by atoms with Gasteiger partial charge < -0.3 is 9.30 Å². The van der Waals surface area contributed by atoms with Crippen LogP contribution in [0.3, 0.4) is 0 Å². The third-order valence-electron chi connectivity index (χ3n) is 4.87. The van der Waals surface area contributed by atoms with Gasteiger partial charge in [-0.15, -0.1) is 11.3 Å². The molecular formula is C21H15F3N6OS. The first-order valence-corrected chi connectivity index (χ1v) is 10.4. The molecule has 11 heteroatoms. The van der Waals surface area contributed by atoms with Crippen molar-refractivity contribution < 1.29 is 18.0 Å². The van der Waals surface area contributed by atoms with E-state index in [1.165, 1.54) is 22.3 Å². The molecular weight excluding hydrogens is 441 g/mol. The molecule has 5 rings (SSSR count). The van der Waals surface area contributed by atoms with Crippen molar-refractivity contribution in [1.29, 1.82) is 0 Å². The number of carbonyl (C=O) groups is 1. The molecule has 0 N–H and O–H groups in total. The Kier molecular flexibility index (Phi) is 4.70. The smallest absolute Gasteiger partial charge is 0.334 e. The summed E-state index contributed by atoms with van der Waals surface area (Å²) in [5.41, 5.74) is 0.385. The van der Waals surface area contributed by atoms with Crippen molar-refractivity contribution in [2.24, 2.45) is 0 Å². The maximum absolute atomic E-state index is 13.7. The number of imidazole rings is 1. The summed E-state index contributed by atoms with van der Waals surface area (Å²) < 4.78 is 43.6. The lowest BCUT2D eigenvalue weighted by Crippen LogP contribution is -2.27. The quantitative estimate of drug-likeness (QED) is 0.402. The second-order valence-electron chi connectivity index (χ2n) is 7.16. The molecule has 0 aromatic carbocycles. The number of rotatable bonds is 4. The zero-order valence-electron chi connectivity index (χ0n) is 16.6. The third-order valence-corrected chi connectivity index (χ3v) is 5.76. The molecule has 5 heterocycles. The lowest BCUT2D eigenvalue weighted by molar-refractivity contribution is -0.142. The van der Waals surface area contributed by atoms with E-state index in [9.17, 15) is 18.0 Å². The number of amides is 1. The number of nitrogens with zero attached hydrogens (tertiary/aromatic N) is 6. The maximum Gasteiger partial charge on any atom is 0.433 e. The summed E-state index contributed by atoms with van der Waals surface area (Å²) in [5.74, 6) is -0.529. The monoisotopic (exact) mass is 456 g/mol. The molecule has 0 saturated heterocycles. The van der Waals surface area contributed by atoms with E-state index in [1.807, 2.05) is 28.8 Å². The van der Waals surface area contributed by atoms with Gasteiger partial charge in [-0.25, -0.2) is 14.5 Å². The summed E-state index contributed by atoms with van der Waals surface area (Å²) in [5, 5.41) is 5.69. The fourth-order valence-corrected chi connectivity index (χ4v) is 4.09. The predicted octanol–water partition coefficient (Wildman–Crippen LogP) is 4.40. The Labute approximate surface area is 183 Å². The summed E-state index contributed by atoms with van der Waals surface area (Å²) >= 11 is 1.28. The van der Waals surface area contributed by atoms with E-state index in [1.54, 1.807) is 30.8 Å². The first-order valence-electron chi connectivity index (χ1n) is 9.49. The average molecular weight is 456 g/mol. The van der Waals surface area contributed by atoms with Gasteiger partial charge in [0.25, 0.3) is 5.91 Å². The summed E-state index contributed by atoms with van der Waals surface area (Å²) in [6.07, 6.45) is -1.04. The molecule has 5 aromatic rings. The van der Waals surface area contributed by atoms with Crippen molar-refractivity contribution >= 4 is 28.5 Å². The van der Waals surface area contributed by atoms with Crippen LogP contribution in [0.1, 0.15) is 21.9 Å². The van der Waals surface area contributed by atoms with Gasteiger partial charge in [0.2, 0.25) is 0 Å². The molecule has 0 fully saturated rings. The number of halogens is 3. The van der Waals surface area contributed by atoms with Gasteiger partial charge in [-0.2, -0.15) is 18.3 Å². The predicted molar refractivity (Wildman–Crippen MR) is 112 cm³/mol. The largest absolute Gasteiger partial charge is 0.433 e. The number of carbonyl (C=O) groups excluding carboxylic acids is 1. The zero-order valence-corrected chi connectivity index (χ0v) is 17.4. The lowest BCUT2D eigenvalue weighted by Gasteiger charge is -2.14. The van der Waals surface area contributed by atoms with Crippen LogP contribution in [-0.4, -0.2) is 41.8 Å². The van der Waals surface area contributed by atoms with Crippen molar-refractivity contribution in [2.75, 3.05) is 7.05 Å². The van der Waals surface area contributed by atoms with Crippen LogP contribution in [0, 0.1) is 0 Å². The van der Waals surface area contributed by atoms with Gasteiger partial charge in [-0.3, -0.25) is 4.79 Å². The number of hydrogen-bond donors (Lipinski definition) is 0. The molecule has 32 heavy (non-hydrogen) atoms. The Morgan fingerprint density at radius 3 is 2.69 bits per heavy atom. The fraction of sp³-hybridized carbons (Fsp3) is 0.143. The molecule has 0 unspecified atom stereocenters. The van der Waals surface area contributed by atoms with Crippen molar-refractivity contribution in [3.8, 4) is 10.6 Å². The van der Waals surface area contributed by atoms with Crippen LogP contribution in [0.2, 0.25) is 0 Å². The Morgan fingerprint density at radius 2 is 1.97 bits per heavy atom. The molecule has 0 aliphatic heterocycles. The highest BCUT2D eigenvalue weighted by Crippen LogP contribution is 2.33. The van der Waals surface area contributed by atoms with Crippen LogP contribution in [0.25, 0.3) is 21.9 Å². The Hall–Kier alpha value is -3.73. The summed E-state index contributed by atoms with van der Waals surface area (Å²) in [7, 11) is 1.55. The third kappa shape index (κ3) is 3.60. The Morgan fingerprint density at radius 1 is 1.12 bits per heavy atom. The number of aromatic nitrogens is 5. The van der Waals surface area contributed by atoms with E-state index in [-0.39, 0.29) is 23.6 Å². The zero-order chi connectivity index (χ0) is 22.5. The molecule has 0 bridgehead atoms. The van der Waals surface area contributed by atoms with Crippen LogP contribution < -0.4 is 0 Å². The average Bonchev–Trinajstić information content (AvgIpc) is 3.49. The topological polar surface area (TPSA) is 67.8 Å². The van der Waals surface area contributed by atoms with Crippen LogP contribution in [-0.2, 0) is 12.7 Å². The molecule has 0 atom stereocenters. The highest BCUT2D eigenvalue weighted by Gasteiger charge is 2.36. The van der Waals surface area contributed by atoms with Crippen molar-refractivity contribution in [2.45, 2.75) is 12.7 Å².